The van der Waals surface area contributed by atoms with Crippen LogP contribution in [0.5, 0.6) is 0 Å². The van der Waals surface area contributed by atoms with Crippen molar-refractivity contribution in [1.29, 1.82) is 0 Å². The maximum absolute atomic E-state index is 13.7. The Morgan fingerprint density at radius 3 is 3.00 bits per heavy atom. The van der Waals surface area contributed by atoms with Crippen LogP contribution in [0, 0.1) is 12.7 Å². The van der Waals surface area contributed by atoms with E-state index in [1.165, 1.54) is 11.3 Å². The van der Waals surface area contributed by atoms with E-state index in [-0.39, 0.29) is 23.4 Å². The molecule has 19 heavy (non-hydrogen) atoms. The van der Waals surface area contributed by atoms with Crippen molar-refractivity contribution in [3.8, 4) is 0 Å². The number of carbonyl (C=O) groups is 1. The Bertz CT molecular complexity index is 657. The van der Waals surface area contributed by atoms with E-state index in [1.807, 2.05) is 0 Å². The van der Waals surface area contributed by atoms with Gasteiger partial charge < -0.3 is 9.87 Å². The Kier molecular flexibility index (Phi) is 4.23. The third-order valence-electron chi connectivity index (χ3n) is 2.38. The number of nitrogens with one attached hydrogen (secondary N) is 1. The number of benzene rings is 1. The molecule has 0 saturated heterocycles. The minimum atomic E-state index is -1.96. The number of aryl methyl sites for hydroxylation is 1. The van der Waals surface area contributed by atoms with E-state index in [9.17, 15) is 13.4 Å². The van der Waals surface area contributed by atoms with Crippen LogP contribution in [0.2, 0.25) is 0 Å². The number of hydrogen-bond acceptors (Lipinski definition) is 4. The van der Waals surface area contributed by atoms with E-state index >= 15 is 0 Å². The van der Waals surface area contributed by atoms with Gasteiger partial charge in [-0.1, -0.05) is 0 Å². The lowest BCUT2D eigenvalue weighted by molar-refractivity contribution is 0.0956. The van der Waals surface area contributed by atoms with Gasteiger partial charge in [0.2, 0.25) is 0 Å². The number of rotatable bonds is 4. The molecule has 2 aromatic rings. The summed E-state index contributed by atoms with van der Waals surface area (Å²) in [5.74, 6) is -1.08. The molecule has 0 saturated carbocycles. The van der Waals surface area contributed by atoms with Crippen molar-refractivity contribution in [1.82, 2.24) is 10.3 Å². The number of hydrogen-bond donors (Lipinski definition) is 2. The van der Waals surface area contributed by atoms with E-state index in [0.29, 0.717) is 4.70 Å². The van der Waals surface area contributed by atoms with Crippen molar-refractivity contribution in [3.63, 3.8) is 0 Å². The minimum absolute atomic E-state index is 0.0588. The molecule has 0 aliphatic rings. The first kappa shape index (κ1) is 14.0. The molecule has 0 bridgehead atoms. The van der Waals surface area contributed by atoms with Crippen LogP contribution >= 0.6 is 11.3 Å². The molecule has 1 aromatic carbocycles. The summed E-state index contributed by atoms with van der Waals surface area (Å²) in [5.41, 5.74) is 0.438. The van der Waals surface area contributed by atoms with Crippen LogP contribution < -0.4 is 5.32 Å². The van der Waals surface area contributed by atoms with Gasteiger partial charge in [-0.2, -0.15) is 0 Å². The molecule has 5 nitrogen and oxygen atoms in total. The molecular formula is C11H11FN2O3S2. The molecule has 102 valence electrons. The highest BCUT2D eigenvalue weighted by Crippen LogP contribution is 2.25. The molecule has 0 aliphatic carbocycles. The second-order valence-electron chi connectivity index (χ2n) is 3.82. The number of halogens is 1. The number of carbonyl (C=O) groups excluding carboxylic acids is 1. The fraction of sp³-hybridized carbons (Fsp3) is 0.273. The predicted octanol–water partition coefficient (Wildman–Crippen LogP) is 1.70. The van der Waals surface area contributed by atoms with Crippen molar-refractivity contribution < 1.29 is 17.9 Å². The van der Waals surface area contributed by atoms with Gasteiger partial charge >= 0.3 is 0 Å². The van der Waals surface area contributed by atoms with Gasteiger partial charge in [-0.05, 0) is 19.1 Å². The van der Waals surface area contributed by atoms with Crippen LogP contribution in [-0.2, 0) is 11.1 Å². The lowest BCUT2D eigenvalue weighted by atomic mass is 10.2. The van der Waals surface area contributed by atoms with Crippen LogP contribution in [0.15, 0.2) is 12.1 Å². The molecule has 0 aliphatic heterocycles. The summed E-state index contributed by atoms with van der Waals surface area (Å²) < 4.78 is 33.4. The van der Waals surface area contributed by atoms with E-state index in [1.54, 1.807) is 13.0 Å². The zero-order valence-corrected chi connectivity index (χ0v) is 11.6. The van der Waals surface area contributed by atoms with E-state index in [2.05, 4.69) is 10.3 Å². The summed E-state index contributed by atoms with van der Waals surface area (Å²) in [6, 6.07) is 2.68. The number of fused-ring (bicyclic) bond motifs is 1. The van der Waals surface area contributed by atoms with Gasteiger partial charge in [0.25, 0.3) is 5.91 Å². The second-order valence-corrected chi connectivity index (χ2v) is 6.11. The van der Waals surface area contributed by atoms with E-state index in [4.69, 9.17) is 4.55 Å². The summed E-state index contributed by atoms with van der Waals surface area (Å²) in [7, 11) is 0. The third kappa shape index (κ3) is 3.34. The Labute approximate surface area is 115 Å². The lowest BCUT2D eigenvalue weighted by Crippen LogP contribution is -2.27. The van der Waals surface area contributed by atoms with Crippen molar-refractivity contribution in [2.75, 3.05) is 12.3 Å². The molecule has 2 rings (SSSR count). The maximum Gasteiger partial charge on any atom is 0.251 e. The smallest absolute Gasteiger partial charge is 0.251 e. The predicted molar refractivity (Wildman–Crippen MR) is 72.3 cm³/mol. The first-order valence-electron chi connectivity index (χ1n) is 5.39. The highest BCUT2D eigenvalue weighted by molar-refractivity contribution is 7.79. The fourth-order valence-corrected chi connectivity index (χ4v) is 2.74. The molecule has 1 amide bonds. The molecule has 1 heterocycles. The Morgan fingerprint density at radius 2 is 2.32 bits per heavy atom. The highest BCUT2D eigenvalue weighted by Gasteiger charge is 2.13. The molecule has 0 spiro atoms. The molecule has 1 unspecified atom stereocenters. The van der Waals surface area contributed by atoms with E-state index < -0.39 is 22.8 Å². The normalized spacial score (nSPS) is 12.6. The fourth-order valence-electron chi connectivity index (χ4n) is 1.58. The average molecular weight is 302 g/mol. The summed E-state index contributed by atoms with van der Waals surface area (Å²) in [6.07, 6.45) is 0. The van der Waals surface area contributed by atoms with Crippen molar-refractivity contribution in [2.24, 2.45) is 0 Å². The van der Waals surface area contributed by atoms with E-state index in [0.717, 1.165) is 11.1 Å². The standard InChI is InChI=1S/C11H11FN2O3S2/c1-6-14-10-8(12)4-7(5-9(10)18-6)11(15)13-2-3-19(16)17/h4-5H,2-3H2,1H3,(H,13,15)(H,16,17). The van der Waals surface area contributed by atoms with Gasteiger partial charge in [-0.25, -0.2) is 13.6 Å². The minimum Gasteiger partial charge on any atom is -0.351 e. The molecule has 2 N–H and O–H groups in total. The van der Waals surface area contributed by atoms with Gasteiger partial charge in [0.1, 0.15) is 5.52 Å². The molecular weight excluding hydrogens is 291 g/mol. The van der Waals surface area contributed by atoms with Gasteiger partial charge in [0, 0.05) is 12.1 Å². The Balaban J connectivity index is 2.20. The lowest BCUT2D eigenvalue weighted by Gasteiger charge is -2.04. The van der Waals surface area contributed by atoms with Crippen molar-refractivity contribution >= 4 is 38.5 Å². The van der Waals surface area contributed by atoms with Gasteiger partial charge in [-0.15, -0.1) is 11.3 Å². The Hall–Kier alpha value is -1.38. The summed E-state index contributed by atoms with van der Waals surface area (Å²) in [6.45, 7) is 1.82. The number of thiazole rings is 1. The zero-order chi connectivity index (χ0) is 14.0. The van der Waals surface area contributed by atoms with Gasteiger partial charge in [0.15, 0.2) is 16.9 Å². The zero-order valence-electron chi connectivity index (χ0n) is 9.97. The average Bonchev–Trinajstić information content (AvgIpc) is 2.69. The largest absolute Gasteiger partial charge is 0.351 e. The van der Waals surface area contributed by atoms with Crippen molar-refractivity contribution in [3.05, 3.63) is 28.5 Å². The van der Waals surface area contributed by atoms with Crippen molar-refractivity contribution in [2.45, 2.75) is 6.92 Å². The van der Waals surface area contributed by atoms with Crippen LogP contribution in [0.25, 0.3) is 10.2 Å². The number of amides is 1. The SMILES string of the molecule is Cc1nc2c(F)cc(C(=O)NCCS(=O)O)cc2s1. The number of nitrogens with zero attached hydrogens (tertiary/aromatic N) is 1. The summed E-state index contributed by atoms with van der Waals surface area (Å²) >= 11 is -0.652. The highest BCUT2D eigenvalue weighted by atomic mass is 32.2. The first-order chi connectivity index (χ1) is 8.97. The Morgan fingerprint density at radius 1 is 1.58 bits per heavy atom. The van der Waals surface area contributed by atoms with Gasteiger partial charge in [0.05, 0.1) is 15.5 Å². The topological polar surface area (TPSA) is 79.3 Å². The summed E-state index contributed by atoms with van der Waals surface area (Å²) in [4.78, 5) is 15.8. The number of aromatic nitrogens is 1. The molecule has 1 atom stereocenters. The molecule has 0 radical (unpaired) electrons. The quantitative estimate of drug-likeness (QED) is 0.842. The first-order valence-corrected chi connectivity index (χ1v) is 7.49. The molecule has 0 fully saturated rings. The van der Waals surface area contributed by atoms with Crippen LogP contribution in [-0.4, -0.2) is 32.0 Å². The second kappa shape index (κ2) is 5.72. The van der Waals surface area contributed by atoms with Crippen LogP contribution in [0.3, 0.4) is 0 Å². The molecule has 8 heteroatoms. The summed E-state index contributed by atoms with van der Waals surface area (Å²) in [5, 5.41) is 3.18. The van der Waals surface area contributed by atoms with Crippen LogP contribution in [0.4, 0.5) is 4.39 Å². The van der Waals surface area contributed by atoms with Crippen LogP contribution in [0.1, 0.15) is 15.4 Å². The molecule has 1 aromatic heterocycles. The monoisotopic (exact) mass is 302 g/mol. The maximum atomic E-state index is 13.7. The third-order valence-corrected chi connectivity index (χ3v) is 3.85. The van der Waals surface area contributed by atoms with Gasteiger partial charge in [-0.3, -0.25) is 4.79 Å².